The average molecular weight is 751 g/mol. The van der Waals surface area contributed by atoms with Crippen LogP contribution in [0.2, 0.25) is 12.1 Å². The average Bonchev–Trinajstić information content (AvgIpc) is 3.77. The fourth-order valence-electron chi connectivity index (χ4n) is 10.8. The van der Waals surface area contributed by atoms with Gasteiger partial charge in [-0.1, -0.05) is 149 Å². The van der Waals surface area contributed by atoms with Crippen LogP contribution in [0, 0.1) is 18.1 Å². The van der Waals surface area contributed by atoms with Crippen molar-refractivity contribution in [2.75, 3.05) is 9.80 Å². The summed E-state index contributed by atoms with van der Waals surface area (Å²) in [5, 5.41) is 3.36. The molecule has 0 radical (unpaired) electrons. The molecular formula is C54H46N2Si. The second kappa shape index (κ2) is 13.0. The second-order valence-electron chi connectivity index (χ2n) is 17.2. The molecule has 276 valence electrons. The highest BCUT2D eigenvalue weighted by atomic mass is 28.3. The molecule has 1 atom stereocenters. The van der Waals surface area contributed by atoms with Crippen molar-refractivity contribution < 1.29 is 0 Å². The molecule has 57 heavy (non-hydrogen) atoms. The van der Waals surface area contributed by atoms with Crippen LogP contribution in [0.4, 0.5) is 28.4 Å². The molecule has 0 bridgehead atoms. The van der Waals surface area contributed by atoms with Crippen LogP contribution in [-0.4, -0.2) is 8.07 Å². The van der Waals surface area contributed by atoms with E-state index in [1.807, 2.05) is 6.07 Å². The van der Waals surface area contributed by atoms with Crippen molar-refractivity contribution in [2.24, 2.45) is 5.92 Å². The van der Waals surface area contributed by atoms with Gasteiger partial charge in [0.25, 0.3) is 0 Å². The lowest BCUT2D eigenvalue weighted by atomic mass is 9.81. The smallest absolute Gasteiger partial charge is 0.123 e. The van der Waals surface area contributed by atoms with Gasteiger partial charge in [-0.2, -0.15) is 0 Å². The molecule has 2 aliphatic carbocycles. The molecule has 6 aromatic carbocycles. The van der Waals surface area contributed by atoms with Crippen LogP contribution in [0.25, 0.3) is 35.4 Å². The van der Waals surface area contributed by atoms with E-state index in [0.717, 1.165) is 29.0 Å². The molecule has 0 amide bonds. The summed E-state index contributed by atoms with van der Waals surface area (Å²) >= 11 is 0. The molecular weight excluding hydrogens is 705 g/mol. The molecule has 1 spiro atoms. The van der Waals surface area contributed by atoms with Crippen molar-refractivity contribution in [2.45, 2.75) is 57.5 Å². The Kier molecular flexibility index (Phi) is 7.79. The van der Waals surface area contributed by atoms with E-state index in [2.05, 4.69) is 194 Å². The number of fused-ring (bicyclic) bond motifs is 8. The summed E-state index contributed by atoms with van der Waals surface area (Å²) in [6.07, 6.45) is 17.7. The number of para-hydroxylation sites is 2. The Morgan fingerprint density at radius 1 is 0.667 bits per heavy atom. The summed E-state index contributed by atoms with van der Waals surface area (Å²) in [6.45, 7) is 7.29. The van der Waals surface area contributed by atoms with E-state index < -0.39 is 8.07 Å². The van der Waals surface area contributed by atoms with Crippen LogP contribution in [0.15, 0.2) is 144 Å². The molecule has 3 heteroatoms. The Morgan fingerprint density at radius 3 is 2.19 bits per heavy atom. The largest absolute Gasteiger partial charge is 0.314 e. The van der Waals surface area contributed by atoms with Gasteiger partial charge >= 0.3 is 0 Å². The van der Waals surface area contributed by atoms with E-state index in [1.54, 1.807) is 16.1 Å². The van der Waals surface area contributed by atoms with Gasteiger partial charge in [0.2, 0.25) is 0 Å². The van der Waals surface area contributed by atoms with Crippen LogP contribution in [0.3, 0.4) is 0 Å². The van der Waals surface area contributed by atoms with Crippen molar-refractivity contribution in [3.63, 3.8) is 0 Å². The molecule has 2 nitrogen and oxygen atoms in total. The second-order valence-corrected chi connectivity index (χ2v) is 21.4. The number of benzene rings is 5. The molecule has 0 saturated carbocycles. The molecule has 0 aromatic heterocycles. The predicted molar refractivity (Wildman–Crippen MR) is 243 cm³/mol. The Hall–Kier alpha value is -6.08. The lowest BCUT2D eigenvalue weighted by Crippen LogP contribution is -2.54. The number of allylic oxidation sites excluding steroid dienone is 4. The highest BCUT2D eigenvalue weighted by Crippen LogP contribution is 2.53. The molecule has 1 saturated heterocycles. The minimum Gasteiger partial charge on any atom is -0.314 e. The minimum absolute atomic E-state index is 0.124. The maximum Gasteiger partial charge on any atom is 0.123 e. The van der Waals surface area contributed by atoms with Crippen LogP contribution >= 0.6 is 0 Å². The first-order valence-electron chi connectivity index (χ1n) is 20.8. The monoisotopic (exact) mass is 750 g/mol. The van der Waals surface area contributed by atoms with Gasteiger partial charge in [0, 0.05) is 39.7 Å². The lowest BCUT2D eigenvalue weighted by Gasteiger charge is -2.46. The van der Waals surface area contributed by atoms with Gasteiger partial charge in [0.1, 0.15) is 13.8 Å². The van der Waals surface area contributed by atoms with Gasteiger partial charge in [0.15, 0.2) is 0 Å². The highest BCUT2D eigenvalue weighted by molar-refractivity contribution is 7.00. The van der Waals surface area contributed by atoms with Crippen molar-refractivity contribution in [3.8, 4) is 11.1 Å². The topological polar surface area (TPSA) is 6.48 Å². The van der Waals surface area contributed by atoms with E-state index >= 15 is 0 Å². The Balaban J connectivity index is 0.907. The zero-order chi connectivity index (χ0) is 38.3. The third kappa shape index (κ3) is 5.24. The van der Waals surface area contributed by atoms with Crippen molar-refractivity contribution in [1.29, 1.82) is 0 Å². The van der Waals surface area contributed by atoms with Crippen LogP contribution in [0.5, 0.6) is 0 Å². The zero-order valence-corrected chi connectivity index (χ0v) is 34.0. The van der Waals surface area contributed by atoms with Gasteiger partial charge in [-0.25, -0.2) is 0 Å². The van der Waals surface area contributed by atoms with Gasteiger partial charge in [-0.15, -0.1) is 0 Å². The fraction of sp³-hybridized carbons (Fsp3) is 0.185. The molecule has 6 aromatic rings. The maximum absolute atomic E-state index is 3.39. The lowest BCUT2D eigenvalue weighted by molar-refractivity contribution is 0.656. The normalized spacial score (nSPS) is 19.1. The summed E-state index contributed by atoms with van der Waals surface area (Å²) in [5.74, 6) is 0.504. The quantitative estimate of drug-likeness (QED) is 0.131. The maximum atomic E-state index is 3.39. The van der Waals surface area contributed by atoms with E-state index in [1.165, 1.54) is 75.2 Å². The SMILES string of the molecule is CC1CC=CC2=C1N(c1ccc3c(c1)C(C)(C)c1cc(/C=C/c4ccc(N5c6c#cccc6C=Cc6ccccc65)cc4)ccc1-3)c1ccccc1[Si]21CCCC1. The predicted octanol–water partition coefficient (Wildman–Crippen LogP) is 13.7. The summed E-state index contributed by atoms with van der Waals surface area (Å²) in [4.78, 5) is 4.97. The van der Waals surface area contributed by atoms with Gasteiger partial charge < -0.3 is 9.80 Å². The van der Waals surface area contributed by atoms with E-state index in [0.29, 0.717) is 5.92 Å². The molecule has 3 aliphatic heterocycles. The first kappa shape index (κ1) is 34.2. The van der Waals surface area contributed by atoms with Gasteiger partial charge in [-0.3, -0.25) is 0 Å². The Labute approximate surface area is 338 Å². The molecule has 1 unspecified atom stereocenters. The molecule has 1 fully saturated rings. The van der Waals surface area contributed by atoms with Crippen molar-refractivity contribution in [1.82, 2.24) is 0 Å². The van der Waals surface area contributed by atoms with Gasteiger partial charge in [0.05, 0.1) is 5.69 Å². The van der Waals surface area contributed by atoms with Crippen LogP contribution in [-0.2, 0) is 5.41 Å². The third-order valence-electron chi connectivity index (χ3n) is 13.6. The summed E-state index contributed by atoms with van der Waals surface area (Å²) in [6, 6.07) is 54.6. The fourth-order valence-corrected chi connectivity index (χ4v) is 16.5. The minimum atomic E-state index is -1.76. The summed E-state index contributed by atoms with van der Waals surface area (Å²) in [7, 11) is -1.76. The highest BCUT2D eigenvalue weighted by Gasteiger charge is 2.49. The Bertz CT molecular complexity index is 2670. The Morgan fingerprint density at radius 2 is 1.35 bits per heavy atom. The summed E-state index contributed by atoms with van der Waals surface area (Å²) < 4.78 is 0. The van der Waals surface area contributed by atoms with E-state index in [-0.39, 0.29) is 5.41 Å². The van der Waals surface area contributed by atoms with Gasteiger partial charge in [-0.05, 0) is 122 Å². The number of anilines is 5. The first-order chi connectivity index (χ1) is 27.9. The molecule has 3 heterocycles. The zero-order valence-electron chi connectivity index (χ0n) is 33.0. The van der Waals surface area contributed by atoms with Crippen LogP contribution in [0.1, 0.15) is 73.4 Å². The summed E-state index contributed by atoms with van der Waals surface area (Å²) in [5.41, 5.74) is 17.7. The molecule has 0 N–H and O–H groups in total. The van der Waals surface area contributed by atoms with Crippen molar-refractivity contribution in [3.05, 3.63) is 190 Å². The van der Waals surface area contributed by atoms with Crippen LogP contribution < -0.4 is 15.0 Å². The number of hydrogen-bond acceptors (Lipinski definition) is 2. The first-order valence-corrected chi connectivity index (χ1v) is 23.2. The number of nitrogens with zero attached hydrogens (tertiary/aromatic N) is 2. The number of rotatable bonds is 4. The van der Waals surface area contributed by atoms with Crippen molar-refractivity contribution >= 4 is 66.0 Å². The van der Waals surface area contributed by atoms with E-state index in [9.17, 15) is 0 Å². The van der Waals surface area contributed by atoms with E-state index in [4.69, 9.17) is 0 Å². The molecule has 11 rings (SSSR count). The number of hydrogen-bond donors (Lipinski definition) is 0. The molecule has 5 aliphatic rings. The standard InChI is InChI=1S/C54H46N2Si/c1-37-13-12-20-52-53(37)56(50-18-8-9-19-51(50)57(52)33-10-11-34-57)43-30-32-45-44-31-25-39(35-46(44)54(2,3)47(45)36-43)22-21-38-23-28-42(29-24-38)55-48-16-6-4-14-40(48)26-27-41-15-5-7-17-49(41)55/h4-6,8-9,12,14-16,18-32,35-37H,10-11,13,33-34H2,1-3H3/b22-21+. The third-order valence-corrected chi connectivity index (χ3v) is 18.9.